The zero-order valence-electron chi connectivity index (χ0n) is 18.2. The number of aromatic amines is 2. The van der Waals surface area contributed by atoms with Crippen LogP contribution in [0.15, 0.2) is 48.8 Å². The van der Waals surface area contributed by atoms with Crippen molar-refractivity contribution in [2.24, 2.45) is 7.05 Å². The van der Waals surface area contributed by atoms with Gasteiger partial charge in [0.05, 0.1) is 34.3 Å². The van der Waals surface area contributed by atoms with Crippen molar-refractivity contribution in [1.29, 1.82) is 0 Å². The molecule has 2 N–H and O–H groups in total. The largest absolute Gasteiger partial charge is 0.336 e. The fraction of sp³-hybridized carbons (Fsp3) is 0.125. The lowest BCUT2D eigenvalue weighted by molar-refractivity contribution is 0.627. The third-order valence-corrected chi connectivity index (χ3v) is 5.83. The SMILES string of the molecule is Cc1cc(F)cc(-c2nccc3[nH]c(-c4n[nH]c5ccc(-c6cnc(C)n6C)nc45)nc23)c1. The molecule has 1 aromatic carbocycles. The number of hydrogen-bond acceptors (Lipinski definition) is 5. The maximum atomic E-state index is 14.0. The summed E-state index contributed by atoms with van der Waals surface area (Å²) in [5, 5.41) is 7.50. The maximum Gasteiger partial charge on any atom is 0.161 e. The summed E-state index contributed by atoms with van der Waals surface area (Å²) >= 11 is 0. The second kappa shape index (κ2) is 7.06. The van der Waals surface area contributed by atoms with E-state index < -0.39 is 0 Å². The first kappa shape index (κ1) is 19.3. The van der Waals surface area contributed by atoms with E-state index in [2.05, 4.69) is 25.1 Å². The zero-order valence-corrected chi connectivity index (χ0v) is 18.2. The molecule has 0 aliphatic rings. The van der Waals surface area contributed by atoms with E-state index in [4.69, 9.17) is 9.97 Å². The predicted molar refractivity (Wildman–Crippen MR) is 124 cm³/mol. The van der Waals surface area contributed by atoms with Crippen LogP contribution in [0, 0.1) is 19.7 Å². The van der Waals surface area contributed by atoms with Gasteiger partial charge in [-0.05, 0) is 55.8 Å². The summed E-state index contributed by atoms with van der Waals surface area (Å²) < 4.78 is 16.0. The number of aromatic nitrogens is 8. The van der Waals surface area contributed by atoms with Crippen LogP contribution in [0.25, 0.3) is 56.2 Å². The summed E-state index contributed by atoms with van der Waals surface area (Å²) in [7, 11) is 1.96. The molecular formula is C24H19FN8. The fourth-order valence-electron chi connectivity index (χ4n) is 4.08. The van der Waals surface area contributed by atoms with Crippen LogP contribution in [0.4, 0.5) is 4.39 Å². The standard InChI is InChI=1S/C24H19FN8/c1-12-8-14(10-15(25)9-12)20-21-17(6-7-26-20)29-24(30-21)23-22-18(31-32-23)5-4-16(28-22)19-11-27-13(2)33(19)3/h4-11H,1-3H3,(H,29,30)(H,31,32). The van der Waals surface area contributed by atoms with Crippen molar-refractivity contribution in [2.45, 2.75) is 13.8 Å². The van der Waals surface area contributed by atoms with E-state index in [-0.39, 0.29) is 5.82 Å². The molecule has 5 heterocycles. The van der Waals surface area contributed by atoms with Crippen LogP contribution in [0.1, 0.15) is 11.4 Å². The Morgan fingerprint density at radius 1 is 0.909 bits per heavy atom. The number of nitrogens with zero attached hydrogens (tertiary/aromatic N) is 6. The molecule has 0 aliphatic heterocycles. The van der Waals surface area contributed by atoms with Crippen LogP contribution in [0.3, 0.4) is 0 Å². The van der Waals surface area contributed by atoms with E-state index in [9.17, 15) is 4.39 Å². The first-order valence-electron chi connectivity index (χ1n) is 10.4. The third-order valence-electron chi connectivity index (χ3n) is 5.83. The molecule has 0 atom stereocenters. The van der Waals surface area contributed by atoms with Crippen LogP contribution in [-0.2, 0) is 7.05 Å². The Balaban J connectivity index is 1.52. The van der Waals surface area contributed by atoms with Crippen LogP contribution >= 0.6 is 0 Å². The van der Waals surface area contributed by atoms with Crippen LogP contribution in [0.2, 0.25) is 0 Å². The predicted octanol–water partition coefficient (Wildman–Crippen LogP) is 4.72. The lowest BCUT2D eigenvalue weighted by Gasteiger charge is -2.03. The van der Waals surface area contributed by atoms with Gasteiger partial charge < -0.3 is 9.55 Å². The minimum absolute atomic E-state index is 0.306. The summed E-state index contributed by atoms with van der Waals surface area (Å²) in [4.78, 5) is 21.8. The highest BCUT2D eigenvalue weighted by Gasteiger charge is 2.18. The second-order valence-corrected chi connectivity index (χ2v) is 8.07. The molecule has 0 saturated heterocycles. The number of nitrogens with one attached hydrogen (secondary N) is 2. The molecule has 162 valence electrons. The topological polar surface area (TPSA) is 101 Å². The highest BCUT2D eigenvalue weighted by Crippen LogP contribution is 2.31. The van der Waals surface area contributed by atoms with Crippen LogP contribution < -0.4 is 0 Å². The summed E-state index contributed by atoms with van der Waals surface area (Å²) in [6, 6.07) is 10.6. The molecule has 0 bridgehead atoms. The minimum atomic E-state index is -0.306. The van der Waals surface area contributed by atoms with Crippen molar-refractivity contribution in [3.63, 3.8) is 0 Å². The average Bonchev–Trinajstić information content (AvgIpc) is 3.49. The van der Waals surface area contributed by atoms with E-state index in [1.54, 1.807) is 6.20 Å². The summed E-state index contributed by atoms with van der Waals surface area (Å²) in [6.07, 6.45) is 3.49. The van der Waals surface area contributed by atoms with Crippen molar-refractivity contribution in [3.8, 4) is 34.2 Å². The van der Waals surface area contributed by atoms with Gasteiger partial charge in [-0.3, -0.25) is 10.1 Å². The Bertz CT molecular complexity index is 1650. The number of pyridine rings is 2. The monoisotopic (exact) mass is 438 g/mol. The number of imidazole rings is 2. The molecule has 0 spiro atoms. The molecule has 0 amide bonds. The average molecular weight is 438 g/mol. The van der Waals surface area contributed by atoms with E-state index in [1.807, 2.05) is 55.9 Å². The van der Waals surface area contributed by atoms with Crippen molar-refractivity contribution in [1.82, 2.24) is 39.7 Å². The van der Waals surface area contributed by atoms with Gasteiger partial charge in [0.15, 0.2) is 11.5 Å². The normalized spacial score (nSPS) is 11.6. The zero-order chi connectivity index (χ0) is 22.7. The summed E-state index contributed by atoms with van der Waals surface area (Å²) in [5.74, 6) is 1.16. The molecule has 9 heteroatoms. The van der Waals surface area contributed by atoms with Gasteiger partial charge >= 0.3 is 0 Å². The number of rotatable bonds is 3. The molecule has 5 aromatic heterocycles. The number of halogens is 1. The molecule has 33 heavy (non-hydrogen) atoms. The number of H-pyrrole nitrogens is 2. The smallest absolute Gasteiger partial charge is 0.161 e. The van der Waals surface area contributed by atoms with E-state index >= 15 is 0 Å². The van der Waals surface area contributed by atoms with Gasteiger partial charge in [0.2, 0.25) is 0 Å². The Kier molecular flexibility index (Phi) is 4.13. The molecule has 0 unspecified atom stereocenters. The lowest BCUT2D eigenvalue weighted by atomic mass is 10.1. The highest BCUT2D eigenvalue weighted by atomic mass is 19.1. The lowest BCUT2D eigenvalue weighted by Crippen LogP contribution is -1.96. The van der Waals surface area contributed by atoms with Gasteiger partial charge in [-0.25, -0.2) is 19.3 Å². The third kappa shape index (κ3) is 3.08. The Labute approximate surface area is 187 Å². The number of aryl methyl sites for hydroxylation is 2. The van der Waals surface area contributed by atoms with Gasteiger partial charge in [0.1, 0.15) is 22.7 Å². The first-order chi connectivity index (χ1) is 16.0. The van der Waals surface area contributed by atoms with Crippen molar-refractivity contribution >= 4 is 22.1 Å². The molecule has 8 nitrogen and oxygen atoms in total. The molecule has 6 rings (SSSR count). The molecule has 0 aliphatic carbocycles. The first-order valence-corrected chi connectivity index (χ1v) is 10.4. The summed E-state index contributed by atoms with van der Waals surface area (Å²) in [5.41, 5.74) is 7.34. The maximum absolute atomic E-state index is 14.0. The van der Waals surface area contributed by atoms with Crippen molar-refractivity contribution in [2.75, 3.05) is 0 Å². The fourth-order valence-corrected chi connectivity index (χ4v) is 4.08. The van der Waals surface area contributed by atoms with Crippen molar-refractivity contribution in [3.05, 3.63) is 66.0 Å². The Morgan fingerprint density at radius 3 is 2.55 bits per heavy atom. The number of fused-ring (bicyclic) bond motifs is 2. The Morgan fingerprint density at radius 2 is 1.76 bits per heavy atom. The second-order valence-electron chi connectivity index (χ2n) is 8.07. The number of benzene rings is 1. The van der Waals surface area contributed by atoms with E-state index in [1.165, 1.54) is 12.1 Å². The van der Waals surface area contributed by atoms with Gasteiger partial charge in [-0.15, -0.1) is 0 Å². The minimum Gasteiger partial charge on any atom is -0.336 e. The molecular weight excluding hydrogens is 419 g/mol. The van der Waals surface area contributed by atoms with Gasteiger partial charge in [-0.1, -0.05) is 0 Å². The number of hydrogen-bond donors (Lipinski definition) is 2. The van der Waals surface area contributed by atoms with E-state index in [0.717, 1.165) is 33.8 Å². The van der Waals surface area contributed by atoms with Crippen LogP contribution in [-0.4, -0.2) is 39.7 Å². The van der Waals surface area contributed by atoms with Gasteiger partial charge in [0.25, 0.3) is 0 Å². The molecule has 6 aromatic rings. The van der Waals surface area contributed by atoms with E-state index in [0.29, 0.717) is 33.8 Å². The highest BCUT2D eigenvalue weighted by molar-refractivity contribution is 5.95. The van der Waals surface area contributed by atoms with Gasteiger partial charge in [0, 0.05) is 18.8 Å². The molecule has 0 radical (unpaired) electrons. The quantitative estimate of drug-likeness (QED) is 0.416. The van der Waals surface area contributed by atoms with Crippen LogP contribution in [0.5, 0.6) is 0 Å². The van der Waals surface area contributed by atoms with Gasteiger partial charge in [-0.2, -0.15) is 5.10 Å². The molecule has 0 saturated carbocycles. The Hall–Kier alpha value is -4.40. The van der Waals surface area contributed by atoms with Crippen molar-refractivity contribution < 1.29 is 4.39 Å². The molecule has 0 fully saturated rings. The summed E-state index contributed by atoms with van der Waals surface area (Å²) in [6.45, 7) is 3.80.